The van der Waals surface area contributed by atoms with Gasteiger partial charge in [0.2, 0.25) is 0 Å². The summed E-state index contributed by atoms with van der Waals surface area (Å²) in [6.07, 6.45) is 2.00. The number of amides is 1. The molecule has 2 aromatic carbocycles. The minimum atomic E-state index is -0.346. The molecule has 0 atom stereocenters. The van der Waals surface area contributed by atoms with Gasteiger partial charge in [-0.2, -0.15) is 0 Å². The lowest BCUT2D eigenvalue weighted by molar-refractivity contribution is 0.0992. The highest BCUT2D eigenvalue weighted by Gasteiger charge is 2.13. The number of hydrogen-bond donors (Lipinski definition) is 1. The van der Waals surface area contributed by atoms with Crippen LogP contribution in [-0.4, -0.2) is 24.2 Å². The topological polar surface area (TPSA) is 65.6 Å². The number of methoxy groups -OCH3 is 1. The minimum Gasteiger partial charge on any atom is -0.486 e. The number of nitrogens with one attached hydrogen (secondary N) is 1. The maximum absolute atomic E-state index is 12.9. The van der Waals surface area contributed by atoms with Crippen molar-refractivity contribution >= 4 is 22.5 Å². The van der Waals surface area contributed by atoms with Gasteiger partial charge < -0.3 is 23.8 Å². The van der Waals surface area contributed by atoms with Crippen LogP contribution in [0.15, 0.2) is 71.3 Å². The van der Waals surface area contributed by atoms with Gasteiger partial charge in [0.25, 0.3) is 5.91 Å². The van der Waals surface area contributed by atoms with Crippen LogP contribution in [0.1, 0.15) is 16.3 Å². The molecule has 154 valence electrons. The lowest BCUT2D eigenvalue weighted by Crippen LogP contribution is -2.10. The normalized spacial score (nSPS) is 11.0. The van der Waals surface area contributed by atoms with Crippen LogP contribution in [0.2, 0.25) is 0 Å². The van der Waals surface area contributed by atoms with E-state index >= 15 is 0 Å². The number of carbonyl (C=O) groups is 1. The first-order valence-corrected chi connectivity index (χ1v) is 9.48. The molecule has 0 saturated carbocycles. The predicted molar refractivity (Wildman–Crippen MR) is 111 cm³/mol. The molecule has 0 aliphatic rings. The molecule has 0 aliphatic heterocycles. The molecule has 1 N–H and O–H groups in total. The highest BCUT2D eigenvalue weighted by atomic mass is 19.1. The van der Waals surface area contributed by atoms with Crippen LogP contribution in [0, 0.1) is 5.82 Å². The van der Waals surface area contributed by atoms with Crippen molar-refractivity contribution in [2.45, 2.75) is 13.2 Å². The number of ether oxygens (including phenoxy) is 2. The van der Waals surface area contributed by atoms with Crippen molar-refractivity contribution in [3.8, 4) is 5.75 Å². The molecule has 2 aromatic heterocycles. The molecule has 0 spiro atoms. The van der Waals surface area contributed by atoms with Crippen LogP contribution in [-0.2, 0) is 17.9 Å². The smallest absolute Gasteiger partial charge is 0.291 e. The number of aromatic nitrogens is 1. The van der Waals surface area contributed by atoms with Gasteiger partial charge in [-0.05, 0) is 60.7 Å². The van der Waals surface area contributed by atoms with Gasteiger partial charge in [0, 0.05) is 36.4 Å². The molecule has 0 unspecified atom stereocenters. The van der Waals surface area contributed by atoms with Crippen LogP contribution >= 0.6 is 0 Å². The van der Waals surface area contributed by atoms with Crippen molar-refractivity contribution in [3.63, 3.8) is 0 Å². The van der Waals surface area contributed by atoms with Gasteiger partial charge in [-0.15, -0.1) is 0 Å². The number of rotatable bonds is 8. The molecule has 0 fully saturated rings. The Balaban J connectivity index is 1.38. The molecule has 6 nitrogen and oxygen atoms in total. The fourth-order valence-corrected chi connectivity index (χ4v) is 3.12. The number of furan rings is 1. The summed E-state index contributed by atoms with van der Waals surface area (Å²) in [5.74, 6) is 0.524. The number of carbonyl (C=O) groups excluding carboxylic acids is 1. The van der Waals surface area contributed by atoms with Crippen LogP contribution < -0.4 is 10.1 Å². The third kappa shape index (κ3) is 4.52. The Hall–Kier alpha value is -3.58. The second-order valence-corrected chi connectivity index (χ2v) is 6.74. The van der Waals surface area contributed by atoms with E-state index in [0.717, 1.165) is 17.4 Å². The van der Waals surface area contributed by atoms with Gasteiger partial charge >= 0.3 is 0 Å². The second-order valence-electron chi connectivity index (χ2n) is 6.74. The van der Waals surface area contributed by atoms with Crippen LogP contribution in [0.4, 0.5) is 10.1 Å². The van der Waals surface area contributed by atoms with E-state index in [1.165, 1.54) is 24.3 Å². The largest absolute Gasteiger partial charge is 0.486 e. The fourth-order valence-electron chi connectivity index (χ4n) is 3.12. The van der Waals surface area contributed by atoms with E-state index in [1.807, 2.05) is 30.5 Å². The SMILES string of the molecule is COCCn1ccc2cc(NC(=O)c3ccc(COc4ccc(F)cc4)o3)ccc21. The standard InChI is InChI=1S/C23H21FN2O4/c1-28-13-12-26-11-10-16-14-18(4-8-21(16)26)25-23(27)22-9-7-20(30-22)15-29-19-5-2-17(24)3-6-19/h2-11,14H,12-13,15H2,1H3,(H,25,27). The van der Waals surface area contributed by atoms with Crippen molar-refractivity contribution in [2.75, 3.05) is 19.0 Å². The van der Waals surface area contributed by atoms with Gasteiger partial charge in [0.05, 0.1) is 6.61 Å². The minimum absolute atomic E-state index is 0.139. The summed E-state index contributed by atoms with van der Waals surface area (Å²) in [4.78, 5) is 12.5. The molecular weight excluding hydrogens is 387 g/mol. The van der Waals surface area contributed by atoms with Gasteiger partial charge in [-0.1, -0.05) is 0 Å². The molecule has 30 heavy (non-hydrogen) atoms. The summed E-state index contributed by atoms with van der Waals surface area (Å²) in [6, 6.07) is 16.7. The zero-order valence-corrected chi connectivity index (χ0v) is 16.4. The van der Waals surface area contributed by atoms with Crippen molar-refractivity contribution in [1.82, 2.24) is 4.57 Å². The summed E-state index contributed by atoms with van der Waals surface area (Å²) in [5, 5.41) is 3.87. The molecule has 2 heterocycles. The summed E-state index contributed by atoms with van der Waals surface area (Å²) in [6.45, 7) is 1.54. The number of benzene rings is 2. The molecule has 7 heteroatoms. The third-order valence-corrected chi connectivity index (χ3v) is 4.65. The Bertz CT molecular complexity index is 1150. The molecular formula is C23H21FN2O4. The van der Waals surface area contributed by atoms with Crippen LogP contribution in [0.5, 0.6) is 5.75 Å². The average Bonchev–Trinajstić information content (AvgIpc) is 3.39. The van der Waals surface area contributed by atoms with Crippen molar-refractivity contribution in [1.29, 1.82) is 0 Å². The van der Waals surface area contributed by atoms with Gasteiger partial charge in [0.15, 0.2) is 5.76 Å². The van der Waals surface area contributed by atoms with E-state index in [4.69, 9.17) is 13.9 Å². The Labute approximate surface area is 172 Å². The van der Waals surface area contributed by atoms with E-state index < -0.39 is 0 Å². The Kier molecular flexibility index (Phi) is 5.81. The van der Waals surface area contributed by atoms with Gasteiger partial charge in [-0.3, -0.25) is 4.79 Å². The van der Waals surface area contributed by atoms with Crippen LogP contribution in [0.25, 0.3) is 10.9 Å². The Morgan fingerprint density at radius 2 is 1.93 bits per heavy atom. The monoisotopic (exact) mass is 408 g/mol. The number of hydrogen-bond acceptors (Lipinski definition) is 4. The van der Waals surface area contributed by atoms with Crippen molar-refractivity contribution in [2.24, 2.45) is 0 Å². The number of anilines is 1. The number of nitrogens with zero attached hydrogens (tertiary/aromatic N) is 1. The molecule has 0 saturated heterocycles. The maximum Gasteiger partial charge on any atom is 0.291 e. The third-order valence-electron chi connectivity index (χ3n) is 4.65. The van der Waals surface area contributed by atoms with Gasteiger partial charge in [0.1, 0.15) is 23.9 Å². The molecule has 0 radical (unpaired) electrons. The van der Waals surface area contributed by atoms with Crippen molar-refractivity contribution < 1.29 is 23.1 Å². The molecule has 4 rings (SSSR count). The first-order chi connectivity index (χ1) is 14.6. The summed E-state index contributed by atoms with van der Waals surface area (Å²) < 4.78 is 31.3. The van der Waals surface area contributed by atoms with E-state index in [0.29, 0.717) is 23.8 Å². The Morgan fingerprint density at radius 1 is 1.10 bits per heavy atom. The lowest BCUT2D eigenvalue weighted by atomic mass is 10.2. The maximum atomic E-state index is 12.9. The Morgan fingerprint density at radius 3 is 2.73 bits per heavy atom. The first kappa shape index (κ1) is 19.7. The van der Waals surface area contributed by atoms with Gasteiger partial charge in [-0.25, -0.2) is 4.39 Å². The molecule has 0 aliphatic carbocycles. The fraction of sp³-hybridized carbons (Fsp3) is 0.174. The van der Waals surface area contributed by atoms with E-state index in [9.17, 15) is 9.18 Å². The van der Waals surface area contributed by atoms with Crippen molar-refractivity contribution in [3.05, 3.63) is 84.2 Å². The van der Waals surface area contributed by atoms with E-state index in [2.05, 4.69) is 9.88 Å². The number of fused-ring (bicyclic) bond motifs is 1. The highest BCUT2D eigenvalue weighted by Crippen LogP contribution is 2.22. The van der Waals surface area contributed by atoms with E-state index in [1.54, 1.807) is 19.2 Å². The summed E-state index contributed by atoms with van der Waals surface area (Å²) >= 11 is 0. The summed E-state index contributed by atoms with van der Waals surface area (Å²) in [5.41, 5.74) is 1.75. The molecule has 4 aromatic rings. The van der Waals surface area contributed by atoms with Crippen LogP contribution in [0.3, 0.4) is 0 Å². The zero-order valence-electron chi connectivity index (χ0n) is 16.4. The predicted octanol–water partition coefficient (Wildman–Crippen LogP) is 4.85. The quantitative estimate of drug-likeness (QED) is 0.453. The second kappa shape index (κ2) is 8.84. The summed E-state index contributed by atoms with van der Waals surface area (Å²) in [7, 11) is 1.67. The zero-order chi connectivity index (χ0) is 20.9. The lowest BCUT2D eigenvalue weighted by Gasteiger charge is -2.07. The highest BCUT2D eigenvalue weighted by molar-refractivity contribution is 6.03. The molecule has 0 bridgehead atoms. The average molecular weight is 408 g/mol. The molecule has 1 amide bonds. The number of halogens is 1. The van der Waals surface area contributed by atoms with E-state index in [-0.39, 0.29) is 24.1 Å². The first-order valence-electron chi connectivity index (χ1n) is 9.48.